The van der Waals surface area contributed by atoms with Crippen molar-refractivity contribution in [3.8, 4) is 5.88 Å². The summed E-state index contributed by atoms with van der Waals surface area (Å²) in [7, 11) is 0. The molecule has 1 aromatic rings. The molecule has 0 amide bonds. The molecule has 0 aliphatic carbocycles. The van der Waals surface area contributed by atoms with Gasteiger partial charge < -0.3 is 18.9 Å². The first-order valence-corrected chi connectivity index (χ1v) is 8.03. The summed E-state index contributed by atoms with van der Waals surface area (Å²) in [5, 5.41) is 0. The van der Waals surface area contributed by atoms with Crippen LogP contribution in [0.25, 0.3) is 0 Å². The zero-order valence-corrected chi connectivity index (χ0v) is 14.9. The third-order valence-electron chi connectivity index (χ3n) is 3.77. The van der Waals surface area contributed by atoms with E-state index in [-0.39, 0.29) is 12.5 Å². The van der Waals surface area contributed by atoms with Gasteiger partial charge in [-0.3, -0.25) is 14.2 Å². The van der Waals surface area contributed by atoms with Crippen molar-refractivity contribution in [2.75, 3.05) is 13.2 Å². The van der Waals surface area contributed by atoms with Crippen LogP contribution >= 0.6 is 0 Å². The Morgan fingerprint density at radius 3 is 2.62 bits per heavy atom. The van der Waals surface area contributed by atoms with Gasteiger partial charge in [0.25, 0.3) is 0 Å². The molecule has 0 spiro atoms. The number of hydrogen-bond donors (Lipinski definition) is 0. The highest BCUT2D eigenvalue weighted by atomic mass is 19.1. The minimum absolute atomic E-state index is 0.0975. The molecule has 2 heterocycles. The minimum atomic E-state index is -2.27. The molecule has 1 aromatic heterocycles. The number of alkyl halides is 1. The lowest BCUT2D eigenvalue weighted by atomic mass is 9.98. The van der Waals surface area contributed by atoms with Gasteiger partial charge in [-0.1, -0.05) is 0 Å². The van der Waals surface area contributed by atoms with Crippen LogP contribution in [0.1, 0.15) is 33.9 Å². The Kier molecular flexibility index (Phi) is 5.96. The molecule has 0 saturated carbocycles. The van der Waals surface area contributed by atoms with Gasteiger partial charge in [0.1, 0.15) is 12.7 Å². The quantitative estimate of drug-likeness (QED) is 0.674. The third kappa shape index (κ3) is 4.18. The number of carbonyl (C=O) groups excluding carboxylic acids is 2. The first kappa shape index (κ1) is 19.8. The fourth-order valence-electron chi connectivity index (χ4n) is 2.71. The number of esters is 2. The lowest BCUT2D eigenvalue weighted by Crippen LogP contribution is -2.45. The monoisotopic (exact) mass is 372 g/mol. The smallest absolute Gasteiger partial charge is 0.353 e. The first-order chi connectivity index (χ1) is 12.2. The van der Waals surface area contributed by atoms with Crippen LogP contribution in [0.4, 0.5) is 4.39 Å². The van der Waals surface area contributed by atoms with Crippen LogP contribution in [0.2, 0.25) is 0 Å². The first-order valence-electron chi connectivity index (χ1n) is 8.03. The molecule has 1 fully saturated rings. The van der Waals surface area contributed by atoms with Crippen LogP contribution in [0.3, 0.4) is 0 Å². The second-order valence-corrected chi connectivity index (χ2v) is 5.90. The maximum absolute atomic E-state index is 15.4. The Labute approximate surface area is 149 Å². The molecule has 4 atom stereocenters. The van der Waals surface area contributed by atoms with E-state index in [1.54, 1.807) is 6.92 Å². The van der Waals surface area contributed by atoms with E-state index in [1.165, 1.54) is 19.2 Å². The topological polar surface area (TPSA) is 106 Å². The maximum Gasteiger partial charge on any atom is 0.353 e. The van der Waals surface area contributed by atoms with Crippen LogP contribution in [-0.2, 0) is 23.8 Å². The number of nitrogens with zero attached hydrogens (tertiary/aromatic N) is 2. The number of halogens is 1. The Bertz CT molecular complexity index is 734. The lowest BCUT2D eigenvalue weighted by Gasteiger charge is -2.27. The van der Waals surface area contributed by atoms with E-state index in [9.17, 15) is 14.4 Å². The van der Waals surface area contributed by atoms with E-state index in [4.69, 9.17) is 18.9 Å². The number of aromatic nitrogens is 2. The number of carbonyl (C=O) groups is 2. The second-order valence-electron chi connectivity index (χ2n) is 5.90. The molecule has 1 saturated heterocycles. The Morgan fingerprint density at radius 2 is 2.08 bits per heavy atom. The highest BCUT2D eigenvalue weighted by Gasteiger charge is 2.58. The van der Waals surface area contributed by atoms with Crippen LogP contribution in [0.15, 0.2) is 17.1 Å². The van der Waals surface area contributed by atoms with E-state index in [2.05, 4.69) is 4.98 Å². The molecule has 0 aromatic carbocycles. The fourth-order valence-corrected chi connectivity index (χ4v) is 2.71. The van der Waals surface area contributed by atoms with Gasteiger partial charge in [-0.05, 0) is 13.8 Å². The van der Waals surface area contributed by atoms with E-state index >= 15 is 4.39 Å². The van der Waals surface area contributed by atoms with E-state index < -0.39 is 41.7 Å². The molecule has 26 heavy (non-hydrogen) atoms. The normalized spacial score (nSPS) is 27.8. The number of rotatable bonds is 6. The lowest BCUT2D eigenvalue weighted by molar-refractivity contribution is -0.158. The summed E-state index contributed by atoms with van der Waals surface area (Å²) in [5.41, 5.74) is -3.06. The van der Waals surface area contributed by atoms with Gasteiger partial charge in [-0.15, -0.1) is 0 Å². The van der Waals surface area contributed by atoms with Crippen LogP contribution in [0.5, 0.6) is 5.88 Å². The number of hydrogen-bond acceptors (Lipinski definition) is 8. The second kappa shape index (κ2) is 7.81. The summed E-state index contributed by atoms with van der Waals surface area (Å²) in [6.07, 6.45) is -2.60. The van der Waals surface area contributed by atoms with Gasteiger partial charge in [0.05, 0.1) is 6.61 Å². The van der Waals surface area contributed by atoms with Crippen molar-refractivity contribution in [1.29, 1.82) is 0 Å². The Balaban J connectivity index is 2.34. The molecule has 0 radical (unpaired) electrons. The van der Waals surface area contributed by atoms with Gasteiger partial charge in [-0.25, -0.2) is 9.18 Å². The van der Waals surface area contributed by atoms with Crippen molar-refractivity contribution in [3.63, 3.8) is 0 Å². The predicted molar refractivity (Wildman–Crippen MR) is 85.3 cm³/mol. The standard InChI is InChI=1S/C16H21FN2O7/c1-5-23-12-6-7-19(15(22)18-12)14-16(4,17)13(25-10(3)21)11(26-14)8-24-9(2)20/h6-7,11,13-14H,5,8H2,1-4H3/t11-,13+,14-,16?/m1/s1. The van der Waals surface area contributed by atoms with Crippen LogP contribution < -0.4 is 10.4 Å². The molecular formula is C16H21FN2O7. The van der Waals surface area contributed by atoms with Crippen molar-refractivity contribution in [1.82, 2.24) is 9.55 Å². The van der Waals surface area contributed by atoms with Crippen LogP contribution in [-0.4, -0.2) is 52.6 Å². The summed E-state index contributed by atoms with van der Waals surface area (Å²) in [6.45, 7) is 5.16. The average molecular weight is 372 g/mol. The highest BCUT2D eigenvalue weighted by Crippen LogP contribution is 2.42. The molecule has 10 heteroatoms. The Hall–Kier alpha value is -2.49. The van der Waals surface area contributed by atoms with Crippen LogP contribution in [0, 0.1) is 0 Å². The minimum Gasteiger partial charge on any atom is -0.478 e. The van der Waals surface area contributed by atoms with E-state index in [0.717, 1.165) is 18.4 Å². The van der Waals surface area contributed by atoms with Crippen molar-refractivity contribution in [2.24, 2.45) is 0 Å². The Morgan fingerprint density at radius 1 is 1.38 bits per heavy atom. The van der Waals surface area contributed by atoms with E-state index in [1.807, 2.05) is 0 Å². The van der Waals surface area contributed by atoms with Gasteiger partial charge in [0.2, 0.25) is 5.88 Å². The van der Waals surface area contributed by atoms with Crippen molar-refractivity contribution in [3.05, 3.63) is 22.7 Å². The zero-order chi connectivity index (χ0) is 19.5. The molecule has 1 aliphatic rings. The van der Waals surface area contributed by atoms with Crippen molar-refractivity contribution in [2.45, 2.75) is 51.8 Å². The van der Waals surface area contributed by atoms with Gasteiger partial charge in [0, 0.05) is 26.1 Å². The van der Waals surface area contributed by atoms with Gasteiger partial charge in [-0.2, -0.15) is 4.98 Å². The summed E-state index contributed by atoms with van der Waals surface area (Å²) in [6, 6.07) is 1.39. The van der Waals surface area contributed by atoms with E-state index in [0.29, 0.717) is 6.61 Å². The zero-order valence-electron chi connectivity index (χ0n) is 14.9. The fraction of sp³-hybridized carbons (Fsp3) is 0.625. The number of ether oxygens (including phenoxy) is 4. The molecule has 0 bridgehead atoms. The SMILES string of the molecule is CCOc1ccn([C@@H]2O[C@H](COC(C)=O)[C@H](OC(C)=O)C2(C)F)c(=O)n1. The van der Waals surface area contributed by atoms with Crippen molar-refractivity contribution < 1.29 is 32.9 Å². The van der Waals surface area contributed by atoms with Crippen molar-refractivity contribution >= 4 is 11.9 Å². The molecule has 9 nitrogen and oxygen atoms in total. The molecule has 1 aliphatic heterocycles. The third-order valence-corrected chi connectivity index (χ3v) is 3.77. The summed E-state index contributed by atoms with van der Waals surface area (Å²) in [4.78, 5) is 38.3. The molecular weight excluding hydrogens is 351 g/mol. The summed E-state index contributed by atoms with van der Waals surface area (Å²) >= 11 is 0. The molecule has 1 unspecified atom stereocenters. The van der Waals surface area contributed by atoms with Gasteiger partial charge in [0.15, 0.2) is 18.0 Å². The largest absolute Gasteiger partial charge is 0.478 e. The molecule has 144 valence electrons. The average Bonchev–Trinajstić information content (AvgIpc) is 2.77. The molecule has 2 rings (SSSR count). The van der Waals surface area contributed by atoms with Gasteiger partial charge >= 0.3 is 17.6 Å². The highest BCUT2D eigenvalue weighted by molar-refractivity contribution is 5.66. The predicted octanol–water partition coefficient (Wildman–Crippen LogP) is 0.762. The summed E-state index contributed by atoms with van der Waals surface area (Å²) < 4.78 is 36.9. The molecule has 0 N–H and O–H groups in total. The maximum atomic E-state index is 15.4. The summed E-state index contributed by atoms with van der Waals surface area (Å²) in [5.74, 6) is -1.23.